The Balaban J connectivity index is 1.58. The Bertz CT molecular complexity index is 2160. The van der Waals surface area contributed by atoms with E-state index in [1.54, 1.807) is 0 Å². The lowest BCUT2D eigenvalue weighted by Gasteiger charge is -2.32. The normalized spacial score (nSPS) is 14.8. The van der Waals surface area contributed by atoms with E-state index in [0.29, 0.717) is 0 Å². The number of hydrogen-bond acceptors (Lipinski definition) is 2. The molecule has 51 heavy (non-hydrogen) atoms. The molecule has 1 aliphatic heterocycles. The van der Waals surface area contributed by atoms with Gasteiger partial charge in [0, 0.05) is 0 Å². The van der Waals surface area contributed by atoms with E-state index in [1.807, 2.05) is 0 Å². The van der Waals surface area contributed by atoms with Crippen LogP contribution in [0.1, 0.15) is 27.7 Å². The van der Waals surface area contributed by atoms with Gasteiger partial charge in [0.2, 0.25) is 0 Å². The van der Waals surface area contributed by atoms with Crippen LogP contribution in [0.4, 0.5) is 0 Å². The summed E-state index contributed by atoms with van der Waals surface area (Å²) in [5, 5.41) is 0. The molecule has 8 rings (SSSR count). The van der Waals surface area contributed by atoms with Crippen LogP contribution >= 0.6 is 0 Å². The molecule has 0 atom stereocenters. The molecule has 7 aromatic carbocycles. The summed E-state index contributed by atoms with van der Waals surface area (Å²) in [5.41, 5.74) is 14.1. The molecule has 0 bridgehead atoms. The molecule has 0 spiro atoms. The highest BCUT2D eigenvalue weighted by atomic mass is 16.7. The summed E-state index contributed by atoms with van der Waals surface area (Å²) in [6.45, 7) is 8.44. The number of rotatable bonds is 7. The van der Waals surface area contributed by atoms with Crippen LogP contribution in [0.5, 0.6) is 0 Å². The highest BCUT2D eigenvalue weighted by Crippen LogP contribution is 2.55. The fourth-order valence-electron chi connectivity index (χ4n) is 7.33. The maximum Gasteiger partial charge on any atom is 0.494 e. The zero-order valence-electron chi connectivity index (χ0n) is 29.6. The van der Waals surface area contributed by atoms with Crippen molar-refractivity contribution in [1.82, 2.24) is 0 Å². The SMILES string of the molecule is CC1(C)OB(c2cccc(-c3c(-c4ccccc4)c(-c4ccccc4)c(-c4ccccc4)c(-c4ccccc4)c3-c3ccccc3)c2)OC1(C)C. The zero-order chi connectivity index (χ0) is 35.0. The smallest absolute Gasteiger partial charge is 0.399 e. The molecule has 0 N–H and O–H groups in total. The van der Waals surface area contributed by atoms with E-state index in [1.165, 1.54) is 38.9 Å². The van der Waals surface area contributed by atoms with Gasteiger partial charge in [-0.25, -0.2) is 0 Å². The van der Waals surface area contributed by atoms with Crippen molar-refractivity contribution in [2.24, 2.45) is 0 Å². The summed E-state index contributed by atoms with van der Waals surface area (Å²) in [6, 6.07) is 63.2. The fourth-order valence-corrected chi connectivity index (χ4v) is 7.33. The van der Waals surface area contributed by atoms with Crippen LogP contribution in [-0.2, 0) is 9.31 Å². The van der Waals surface area contributed by atoms with Crippen molar-refractivity contribution in [3.63, 3.8) is 0 Å². The maximum absolute atomic E-state index is 6.61. The molecule has 3 heteroatoms. The van der Waals surface area contributed by atoms with Gasteiger partial charge >= 0.3 is 7.12 Å². The van der Waals surface area contributed by atoms with Gasteiger partial charge in [-0.1, -0.05) is 176 Å². The van der Waals surface area contributed by atoms with E-state index in [4.69, 9.17) is 9.31 Å². The zero-order valence-corrected chi connectivity index (χ0v) is 29.6. The van der Waals surface area contributed by atoms with Crippen molar-refractivity contribution in [3.05, 3.63) is 176 Å². The molecule has 0 aromatic heterocycles. The molecule has 1 fully saturated rings. The molecule has 0 amide bonds. The molecular formula is C48H41BO2. The Morgan fingerprint density at radius 3 is 0.863 bits per heavy atom. The average molecular weight is 661 g/mol. The molecule has 0 radical (unpaired) electrons. The summed E-state index contributed by atoms with van der Waals surface area (Å²) in [6.07, 6.45) is 0. The molecule has 7 aromatic rings. The third-order valence-corrected chi connectivity index (χ3v) is 10.5. The van der Waals surface area contributed by atoms with Gasteiger partial charge in [-0.05, 0) is 99.9 Å². The largest absolute Gasteiger partial charge is 0.494 e. The molecule has 0 aliphatic carbocycles. The third-order valence-electron chi connectivity index (χ3n) is 10.5. The first-order chi connectivity index (χ1) is 24.8. The number of hydrogen-bond donors (Lipinski definition) is 0. The highest BCUT2D eigenvalue weighted by molar-refractivity contribution is 6.62. The van der Waals surface area contributed by atoms with Gasteiger partial charge in [-0.15, -0.1) is 0 Å². The summed E-state index contributed by atoms with van der Waals surface area (Å²) in [5.74, 6) is 0. The van der Waals surface area contributed by atoms with Crippen molar-refractivity contribution >= 4 is 12.6 Å². The third kappa shape index (κ3) is 6.03. The lowest BCUT2D eigenvalue weighted by atomic mass is 9.72. The lowest BCUT2D eigenvalue weighted by molar-refractivity contribution is 0.00578. The van der Waals surface area contributed by atoms with E-state index in [9.17, 15) is 0 Å². The first-order valence-electron chi connectivity index (χ1n) is 17.8. The van der Waals surface area contributed by atoms with Gasteiger partial charge in [0.1, 0.15) is 0 Å². The minimum absolute atomic E-state index is 0.448. The molecule has 1 aliphatic rings. The van der Waals surface area contributed by atoms with Gasteiger partial charge in [0.15, 0.2) is 0 Å². The van der Waals surface area contributed by atoms with Crippen molar-refractivity contribution in [1.29, 1.82) is 0 Å². The van der Waals surface area contributed by atoms with Gasteiger partial charge < -0.3 is 9.31 Å². The molecule has 1 saturated heterocycles. The maximum atomic E-state index is 6.61. The van der Waals surface area contributed by atoms with Crippen molar-refractivity contribution in [3.8, 4) is 66.8 Å². The van der Waals surface area contributed by atoms with Crippen molar-refractivity contribution in [2.75, 3.05) is 0 Å². The molecular weight excluding hydrogens is 619 g/mol. The summed E-state index contributed by atoms with van der Waals surface area (Å²) in [4.78, 5) is 0. The quantitative estimate of drug-likeness (QED) is 0.158. The summed E-state index contributed by atoms with van der Waals surface area (Å²) in [7, 11) is -0.485. The van der Waals surface area contributed by atoms with Crippen LogP contribution in [0, 0.1) is 0 Å². The van der Waals surface area contributed by atoms with Crippen LogP contribution in [0.25, 0.3) is 66.8 Å². The van der Waals surface area contributed by atoms with Gasteiger partial charge in [-0.2, -0.15) is 0 Å². The molecule has 0 saturated carbocycles. The Morgan fingerprint density at radius 2 is 0.569 bits per heavy atom. The fraction of sp³-hybridized carbons (Fsp3) is 0.125. The predicted molar refractivity (Wildman–Crippen MR) is 215 cm³/mol. The number of benzene rings is 7. The highest BCUT2D eigenvalue weighted by Gasteiger charge is 2.51. The second-order valence-electron chi connectivity index (χ2n) is 14.3. The minimum atomic E-state index is -0.485. The Labute approximate surface area is 302 Å². The molecule has 248 valence electrons. The first-order valence-corrected chi connectivity index (χ1v) is 17.8. The van der Waals surface area contributed by atoms with E-state index in [0.717, 1.165) is 33.3 Å². The van der Waals surface area contributed by atoms with Gasteiger partial charge in [0.05, 0.1) is 11.2 Å². The van der Waals surface area contributed by atoms with Crippen LogP contribution in [-0.4, -0.2) is 18.3 Å². The van der Waals surface area contributed by atoms with Crippen molar-refractivity contribution < 1.29 is 9.31 Å². The van der Waals surface area contributed by atoms with Gasteiger partial charge in [0.25, 0.3) is 0 Å². The minimum Gasteiger partial charge on any atom is -0.399 e. The van der Waals surface area contributed by atoms with E-state index < -0.39 is 18.3 Å². The van der Waals surface area contributed by atoms with Crippen LogP contribution in [0.3, 0.4) is 0 Å². The van der Waals surface area contributed by atoms with Crippen LogP contribution < -0.4 is 5.46 Å². The standard InChI is InChI=1S/C48H41BO2/c1-47(2)48(3,4)51-49(50-47)40-32-20-31-39(33-40)46-44(37-27-16-8-17-28-37)42(35-23-12-6-13-24-35)41(34-21-10-5-11-22-34)43(36-25-14-7-15-26-36)45(46)38-29-18-9-19-30-38/h5-33H,1-4H3. The van der Waals surface area contributed by atoms with E-state index in [2.05, 4.69) is 204 Å². The molecule has 1 heterocycles. The first kappa shape index (κ1) is 32.7. The van der Waals surface area contributed by atoms with Crippen LogP contribution in [0.15, 0.2) is 176 Å². The predicted octanol–water partition coefficient (Wildman–Crippen LogP) is 12.0. The second-order valence-corrected chi connectivity index (χ2v) is 14.3. The Hall–Kier alpha value is -5.48. The lowest BCUT2D eigenvalue weighted by Crippen LogP contribution is -2.41. The van der Waals surface area contributed by atoms with E-state index in [-0.39, 0.29) is 0 Å². The Morgan fingerprint density at radius 1 is 0.314 bits per heavy atom. The van der Waals surface area contributed by atoms with Gasteiger partial charge in [-0.3, -0.25) is 0 Å². The van der Waals surface area contributed by atoms with E-state index >= 15 is 0 Å². The molecule has 2 nitrogen and oxygen atoms in total. The second kappa shape index (κ2) is 13.3. The molecule has 0 unspecified atom stereocenters. The monoisotopic (exact) mass is 660 g/mol. The van der Waals surface area contributed by atoms with Crippen molar-refractivity contribution in [2.45, 2.75) is 38.9 Å². The average Bonchev–Trinajstić information content (AvgIpc) is 3.41. The van der Waals surface area contributed by atoms with Crippen LogP contribution in [0.2, 0.25) is 0 Å². The summed E-state index contributed by atoms with van der Waals surface area (Å²) < 4.78 is 13.2. The topological polar surface area (TPSA) is 18.5 Å². The summed E-state index contributed by atoms with van der Waals surface area (Å²) >= 11 is 0. The Kier molecular flexibility index (Phi) is 8.56.